The van der Waals surface area contributed by atoms with Gasteiger partial charge in [-0.2, -0.15) is 0 Å². The van der Waals surface area contributed by atoms with Crippen molar-refractivity contribution in [1.82, 2.24) is 0 Å². The largest absolute Gasteiger partial charge is 0.229 e. The molecule has 0 rings (SSSR count). The minimum atomic E-state index is -2.78. The molecule has 0 bridgehead atoms. The first-order valence-corrected chi connectivity index (χ1v) is 8.80. The smallest absolute Gasteiger partial charge is 0.150 e. The molecule has 0 aromatic rings. The molecule has 0 atom stereocenters. The minimum absolute atomic E-state index is 0.262. The monoisotopic (exact) mass is 260 g/mol. The van der Waals surface area contributed by atoms with Crippen molar-refractivity contribution in [2.45, 2.75) is 65.2 Å². The van der Waals surface area contributed by atoms with Gasteiger partial charge in [0, 0.05) is 5.75 Å². The average molecular weight is 260 g/mol. The molecular formula is C14H28O2S. The second-order valence-corrected chi connectivity index (χ2v) is 7.03. The zero-order valence-electron chi connectivity index (χ0n) is 11.5. The lowest BCUT2D eigenvalue weighted by Crippen LogP contribution is -2.07. The van der Waals surface area contributed by atoms with Gasteiger partial charge in [0.2, 0.25) is 0 Å². The molecule has 0 fully saturated rings. The van der Waals surface area contributed by atoms with Gasteiger partial charge in [-0.05, 0) is 19.3 Å². The fourth-order valence-electron chi connectivity index (χ4n) is 1.67. The van der Waals surface area contributed by atoms with Crippen LogP contribution in [0.5, 0.6) is 0 Å². The van der Waals surface area contributed by atoms with Crippen LogP contribution < -0.4 is 0 Å². The SMILES string of the molecule is CCCCCCCCC=CCCS(=O)(=O)CC. The highest BCUT2D eigenvalue weighted by molar-refractivity contribution is 7.91. The zero-order valence-corrected chi connectivity index (χ0v) is 12.3. The lowest BCUT2D eigenvalue weighted by Gasteiger charge is -1.98. The molecule has 0 unspecified atom stereocenters. The average Bonchev–Trinajstić information content (AvgIpc) is 2.31. The lowest BCUT2D eigenvalue weighted by molar-refractivity contribution is 0.597. The lowest BCUT2D eigenvalue weighted by atomic mass is 10.1. The molecule has 0 heterocycles. The minimum Gasteiger partial charge on any atom is -0.229 e. The van der Waals surface area contributed by atoms with Crippen LogP contribution in [0.15, 0.2) is 12.2 Å². The van der Waals surface area contributed by atoms with Gasteiger partial charge < -0.3 is 0 Å². The van der Waals surface area contributed by atoms with Gasteiger partial charge in [-0.15, -0.1) is 0 Å². The number of allylic oxidation sites excluding steroid dienone is 2. The highest BCUT2D eigenvalue weighted by Gasteiger charge is 2.03. The quantitative estimate of drug-likeness (QED) is 0.414. The Hall–Kier alpha value is -0.310. The standard InChI is InChI=1S/C14H28O2S/c1-3-5-6-7-8-9-10-11-12-13-14-17(15,16)4-2/h11-12H,3-10,13-14H2,1-2H3. The van der Waals surface area contributed by atoms with E-state index in [-0.39, 0.29) is 5.75 Å². The number of hydrogen-bond acceptors (Lipinski definition) is 2. The summed E-state index contributed by atoms with van der Waals surface area (Å²) < 4.78 is 22.4. The second kappa shape index (κ2) is 10.8. The van der Waals surface area contributed by atoms with Crippen molar-refractivity contribution in [2.24, 2.45) is 0 Å². The number of unbranched alkanes of at least 4 members (excludes halogenated alkanes) is 6. The van der Waals surface area contributed by atoms with Crippen LogP contribution >= 0.6 is 0 Å². The summed E-state index contributed by atoms with van der Waals surface area (Å²) in [5.74, 6) is 0.564. The van der Waals surface area contributed by atoms with Gasteiger partial charge in [-0.3, -0.25) is 0 Å². The van der Waals surface area contributed by atoms with Crippen molar-refractivity contribution in [3.63, 3.8) is 0 Å². The van der Waals surface area contributed by atoms with Crippen molar-refractivity contribution in [3.05, 3.63) is 12.2 Å². The summed E-state index contributed by atoms with van der Waals surface area (Å²) in [5, 5.41) is 0. The molecule has 0 aliphatic heterocycles. The van der Waals surface area contributed by atoms with E-state index >= 15 is 0 Å². The number of sulfone groups is 1. The molecule has 0 aromatic carbocycles. The van der Waals surface area contributed by atoms with Crippen LogP contribution in [0.3, 0.4) is 0 Å². The Bertz CT molecular complexity index is 279. The molecule has 0 saturated carbocycles. The number of hydrogen-bond donors (Lipinski definition) is 0. The molecule has 102 valence electrons. The molecule has 0 radical (unpaired) electrons. The van der Waals surface area contributed by atoms with Gasteiger partial charge in [-0.25, -0.2) is 8.42 Å². The summed E-state index contributed by atoms with van der Waals surface area (Å²) in [5.41, 5.74) is 0. The van der Waals surface area contributed by atoms with E-state index in [0.717, 1.165) is 6.42 Å². The van der Waals surface area contributed by atoms with Crippen LogP contribution in [-0.2, 0) is 9.84 Å². The summed E-state index contributed by atoms with van der Waals surface area (Å²) >= 11 is 0. The van der Waals surface area contributed by atoms with E-state index in [1.165, 1.54) is 38.5 Å². The van der Waals surface area contributed by atoms with E-state index in [0.29, 0.717) is 12.2 Å². The third-order valence-corrected chi connectivity index (χ3v) is 4.66. The van der Waals surface area contributed by atoms with Crippen molar-refractivity contribution < 1.29 is 8.42 Å². The second-order valence-electron chi connectivity index (χ2n) is 4.55. The van der Waals surface area contributed by atoms with E-state index in [1.807, 2.05) is 6.08 Å². The van der Waals surface area contributed by atoms with E-state index in [9.17, 15) is 8.42 Å². The fourth-order valence-corrected chi connectivity index (χ4v) is 2.45. The normalized spacial score (nSPS) is 12.4. The molecule has 0 N–H and O–H groups in total. The molecule has 0 aliphatic rings. The first-order chi connectivity index (χ1) is 8.12. The molecule has 0 aliphatic carbocycles. The van der Waals surface area contributed by atoms with Crippen molar-refractivity contribution in [3.8, 4) is 0 Å². The molecule has 3 heteroatoms. The molecule has 0 saturated heterocycles. The van der Waals surface area contributed by atoms with E-state index in [2.05, 4.69) is 13.0 Å². The summed E-state index contributed by atoms with van der Waals surface area (Å²) in [6.45, 7) is 3.93. The maximum absolute atomic E-state index is 11.2. The Morgan fingerprint density at radius 2 is 1.41 bits per heavy atom. The summed E-state index contributed by atoms with van der Waals surface area (Å²) in [6, 6.07) is 0. The van der Waals surface area contributed by atoms with Crippen LogP contribution in [0, 0.1) is 0 Å². The predicted octanol–water partition coefficient (Wildman–Crippen LogP) is 4.12. The van der Waals surface area contributed by atoms with Gasteiger partial charge in [-0.1, -0.05) is 58.1 Å². The molecule has 0 aromatic heterocycles. The maximum Gasteiger partial charge on any atom is 0.150 e. The topological polar surface area (TPSA) is 34.1 Å². The Morgan fingerprint density at radius 3 is 2.06 bits per heavy atom. The molecule has 0 amide bonds. The van der Waals surface area contributed by atoms with E-state index in [4.69, 9.17) is 0 Å². The van der Waals surface area contributed by atoms with Gasteiger partial charge in [0.15, 0.2) is 0 Å². The maximum atomic E-state index is 11.2. The highest BCUT2D eigenvalue weighted by Crippen LogP contribution is 2.07. The zero-order chi connectivity index (χ0) is 13.0. The van der Waals surface area contributed by atoms with Gasteiger partial charge >= 0.3 is 0 Å². The summed E-state index contributed by atoms with van der Waals surface area (Å²) in [7, 11) is -2.78. The van der Waals surface area contributed by atoms with Crippen molar-refractivity contribution >= 4 is 9.84 Å². The van der Waals surface area contributed by atoms with Gasteiger partial charge in [0.05, 0.1) is 5.75 Å². The first-order valence-electron chi connectivity index (χ1n) is 6.97. The molecule has 2 nitrogen and oxygen atoms in total. The Labute approximate surface area is 107 Å². The van der Waals surface area contributed by atoms with Crippen molar-refractivity contribution in [2.75, 3.05) is 11.5 Å². The molecule has 17 heavy (non-hydrogen) atoms. The Morgan fingerprint density at radius 1 is 0.824 bits per heavy atom. The predicted molar refractivity (Wildman–Crippen MR) is 76.1 cm³/mol. The number of rotatable bonds is 11. The van der Waals surface area contributed by atoms with Gasteiger partial charge in [0.1, 0.15) is 9.84 Å². The Kier molecular flexibility index (Phi) is 10.6. The summed E-state index contributed by atoms with van der Waals surface area (Å²) in [6.07, 6.45) is 13.8. The first kappa shape index (κ1) is 16.7. The third kappa shape index (κ3) is 11.9. The van der Waals surface area contributed by atoms with Crippen LogP contribution in [-0.4, -0.2) is 19.9 Å². The van der Waals surface area contributed by atoms with Gasteiger partial charge in [0.25, 0.3) is 0 Å². The third-order valence-electron chi connectivity index (χ3n) is 2.93. The summed E-state index contributed by atoms with van der Waals surface area (Å²) in [4.78, 5) is 0. The molecule has 0 spiro atoms. The van der Waals surface area contributed by atoms with Crippen LogP contribution in [0.25, 0.3) is 0 Å². The van der Waals surface area contributed by atoms with Crippen LogP contribution in [0.1, 0.15) is 65.2 Å². The van der Waals surface area contributed by atoms with Crippen LogP contribution in [0.4, 0.5) is 0 Å². The fraction of sp³-hybridized carbons (Fsp3) is 0.857. The molecular weight excluding hydrogens is 232 g/mol. The van der Waals surface area contributed by atoms with E-state index < -0.39 is 9.84 Å². The van der Waals surface area contributed by atoms with Crippen LogP contribution in [0.2, 0.25) is 0 Å². The highest BCUT2D eigenvalue weighted by atomic mass is 32.2. The van der Waals surface area contributed by atoms with E-state index in [1.54, 1.807) is 6.92 Å². The van der Waals surface area contributed by atoms with Crippen molar-refractivity contribution in [1.29, 1.82) is 0 Å². The Balaban J connectivity index is 3.32.